The molecule has 3 heterocycles. The summed E-state index contributed by atoms with van der Waals surface area (Å²) in [6.45, 7) is 7.64. The van der Waals surface area contributed by atoms with Crippen molar-refractivity contribution in [2.24, 2.45) is 0 Å². The maximum atomic E-state index is 13.8. The van der Waals surface area contributed by atoms with Crippen molar-refractivity contribution >= 4 is 66.6 Å². The third kappa shape index (κ3) is 6.93. The molecule has 2 aromatic carbocycles. The number of rotatable bonds is 8. The summed E-state index contributed by atoms with van der Waals surface area (Å²) in [5, 5.41) is 1.25. The monoisotopic (exact) mass is 612 g/mol. The van der Waals surface area contributed by atoms with Crippen LogP contribution in [0.15, 0.2) is 41.3 Å². The minimum atomic E-state index is -3.56. The number of anilines is 1. The van der Waals surface area contributed by atoms with E-state index in [0.717, 1.165) is 74.3 Å². The van der Waals surface area contributed by atoms with Crippen molar-refractivity contribution in [3.63, 3.8) is 0 Å². The van der Waals surface area contributed by atoms with Gasteiger partial charge >= 0.3 is 0 Å². The van der Waals surface area contributed by atoms with E-state index >= 15 is 0 Å². The fourth-order valence-corrected chi connectivity index (χ4v) is 7.96. The summed E-state index contributed by atoms with van der Waals surface area (Å²) in [5.41, 5.74) is 2.23. The second kappa shape index (κ2) is 13.2. The highest BCUT2D eigenvalue weighted by Gasteiger charge is 2.27. The van der Waals surface area contributed by atoms with Gasteiger partial charge in [0.15, 0.2) is 5.13 Å². The second-order valence-corrected chi connectivity index (χ2v) is 13.2. The van der Waals surface area contributed by atoms with Crippen LogP contribution in [0.4, 0.5) is 5.13 Å². The van der Waals surface area contributed by atoms with Gasteiger partial charge in [-0.2, -0.15) is 4.31 Å². The molecule has 5 rings (SSSR count). The lowest BCUT2D eigenvalue weighted by Crippen LogP contribution is -2.39. The Hall–Kier alpha value is -1.79. The van der Waals surface area contributed by atoms with Gasteiger partial charge in [0.2, 0.25) is 10.0 Å². The molecule has 8 nitrogen and oxygen atoms in total. The molecular weight excluding hydrogens is 579 g/mol. The van der Waals surface area contributed by atoms with Crippen LogP contribution in [0, 0.1) is 6.92 Å². The highest BCUT2D eigenvalue weighted by atomic mass is 35.5. The largest absolute Gasteiger partial charge is 0.379 e. The zero-order valence-electron chi connectivity index (χ0n) is 22.0. The van der Waals surface area contributed by atoms with Gasteiger partial charge in [-0.25, -0.2) is 13.4 Å². The van der Waals surface area contributed by atoms with E-state index in [-0.39, 0.29) is 23.2 Å². The normalized spacial score (nSPS) is 17.2. The molecule has 0 aliphatic carbocycles. The van der Waals surface area contributed by atoms with Crippen LogP contribution in [0.3, 0.4) is 0 Å². The number of aryl methyl sites for hydroxylation is 1. The summed E-state index contributed by atoms with van der Waals surface area (Å²) in [5.74, 6) is -0.197. The van der Waals surface area contributed by atoms with Gasteiger partial charge in [0.25, 0.3) is 5.91 Å². The summed E-state index contributed by atoms with van der Waals surface area (Å²) in [7, 11) is -3.56. The van der Waals surface area contributed by atoms with Gasteiger partial charge in [-0.1, -0.05) is 29.4 Å². The van der Waals surface area contributed by atoms with Crippen LogP contribution < -0.4 is 4.90 Å². The van der Waals surface area contributed by atoms with E-state index < -0.39 is 10.0 Å². The fourth-order valence-electron chi connectivity index (χ4n) is 5.00. The number of hydrogen-bond acceptors (Lipinski definition) is 7. The molecule has 39 heavy (non-hydrogen) atoms. The highest BCUT2D eigenvalue weighted by Crippen LogP contribution is 2.34. The van der Waals surface area contributed by atoms with Gasteiger partial charge in [-0.05, 0) is 68.1 Å². The Balaban J connectivity index is 0.00000353. The molecule has 12 heteroatoms. The average Bonchev–Trinajstić information content (AvgIpc) is 3.36. The van der Waals surface area contributed by atoms with Crippen molar-refractivity contribution in [3.8, 4) is 0 Å². The number of carbonyl (C=O) groups is 1. The predicted molar refractivity (Wildman–Crippen MR) is 159 cm³/mol. The summed E-state index contributed by atoms with van der Waals surface area (Å²) >= 11 is 7.72. The van der Waals surface area contributed by atoms with Crippen molar-refractivity contribution in [3.05, 3.63) is 52.5 Å². The molecule has 1 amide bonds. The Morgan fingerprint density at radius 3 is 2.46 bits per heavy atom. The Labute approximate surface area is 245 Å². The first-order valence-corrected chi connectivity index (χ1v) is 15.8. The summed E-state index contributed by atoms with van der Waals surface area (Å²) < 4.78 is 34.1. The number of piperidine rings is 1. The molecular formula is C27H34Cl2N4O4S2. The maximum absolute atomic E-state index is 13.8. The van der Waals surface area contributed by atoms with Crippen molar-refractivity contribution in [1.29, 1.82) is 0 Å². The molecule has 2 saturated heterocycles. The molecule has 3 aromatic rings. The van der Waals surface area contributed by atoms with E-state index in [1.807, 2.05) is 19.1 Å². The van der Waals surface area contributed by atoms with Crippen LogP contribution in [0.5, 0.6) is 0 Å². The van der Waals surface area contributed by atoms with Gasteiger partial charge in [0.05, 0.1) is 28.3 Å². The van der Waals surface area contributed by atoms with Crippen LogP contribution in [0.1, 0.15) is 41.6 Å². The van der Waals surface area contributed by atoms with Crippen molar-refractivity contribution in [1.82, 2.24) is 14.2 Å². The lowest BCUT2D eigenvalue weighted by Gasteiger charge is -2.28. The number of fused-ring (bicyclic) bond motifs is 1. The van der Waals surface area contributed by atoms with Gasteiger partial charge in [0.1, 0.15) is 0 Å². The molecule has 0 atom stereocenters. The Bertz CT molecular complexity index is 1390. The Kier molecular flexibility index (Phi) is 10.3. The molecule has 0 spiro atoms. The van der Waals surface area contributed by atoms with Crippen LogP contribution in [0.2, 0.25) is 5.02 Å². The SMILES string of the molecule is Cc1cc(Cl)cc2sc(N(CCCN3CCOCC3)C(=O)c3ccc(S(=O)(=O)N4CCCCC4)cc3)nc12.Cl. The third-order valence-corrected chi connectivity index (χ3v) is 10.3. The molecule has 2 aliphatic heterocycles. The first-order chi connectivity index (χ1) is 18.3. The number of nitrogens with zero attached hydrogens (tertiary/aromatic N) is 4. The lowest BCUT2D eigenvalue weighted by atomic mass is 10.2. The topological polar surface area (TPSA) is 83.0 Å². The molecule has 0 radical (unpaired) electrons. The minimum absolute atomic E-state index is 0. The first-order valence-electron chi connectivity index (χ1n) is 13.1. The average molecular weight is 614 g/mol. The smallest absolute Gasteiger partial charge is 0.260 e. The van der Waals surface area contributed by atoms with Gasteiger partial charge < -0.3 is 4.74 Å². The van der Waals surface area contributed by atoms with Crippen LogP contribution in [-0.4, -0.2) is 81.0 Å². The predicted octanol–water partition coefficient (Wildman–Crippen LogP) is 5.22. The number of aromatic nitrogens is 1. The first kappa shape index (κ1) is 30.2. The number of sulfonamides is 1. The van der Waals surface area contributed by atoms with Gasteiger partial charge in [-0.15, -0.1) is 12.4 Å². The lowest BCUT2D eigenvalue weighted by molar-refractivity contribution is 0.0376. The number of thiazole rings is 1. The highest BCUT2D eigenvalue weighted by molar-refractivity contribution is 7.89. The fraction of sp³-hybridized carbons (Fsp3) is 0.481. The number of hydrogen-bond donors (Lipinski definition) is 0. The summed E-state index contributed by atoms with van der Waals surface area (Å²) in [6.07, 6.45) is 3.59. The third-order valence-electron chi connectivity index (χ3n) is 7.13. The molecule has 0 bridgehead atoms. The van der Waals surface area contributed by atoms with Gasteiger partial charge in [0, 0.05) is 49.9 Å². The summed E-state index contributed by atoms with van der Waals surface area (Å²) in [4.78, 5) is 22.9. The standard InChI is InChI=1S/C27H33ClN4O4S2.ClH/c1-20-18-22(28)19-24-25(20)29-27(37-24)32(13-5-10-30-14-16-36-17-15-30)26(33)21-6-8-23(9-7-21)38(34,35)31-11-3-2-4-12-31;/h6-9,18-19H,2-5,10-17H2,1H3;1H. The van der Waals surface area contributed by atoms with Crippen molar-refractivity contribution < 1.29 is 17.9 Å². The Morgan fingerprint density at radius 1 is 1.08 bits per heavy atom. The minimum Gasteiger partial charge on any atom is -0.379 e. The zero-order valence-corrected chi connectivity index (χ0v) is 25.2. The van der Waals surface area contributed by atoms with Crippen molar-refractivity contribution in [2.45, 2.75) is 37.5 Å². The molecule has 212 valence electrons. The Morgan fingerprint density at radius 2 is 1.77 bits per heavy atom. The van der Waals surface area contributed by atoms with E-state index in [1.54, 1.807) is 33.5 Å². The van der Waals surface area contributed by atoms with E-state index in [2.05, 4.69) is 4.90 Å². The quantitative estimate of drug-likeness (QED) is 0.347. The molecule has 1 aromatic heterocycles. The summed E-state index contributed by atoms with van der Waals surface area (Å²) in [6, 6.07) is 10.1. The number of ether oxygens (including phenoxy) is 1. The molecule has 0 saturated carbocycles. The maximum Gasteiger partial charge on any atom is 0.260 e. The molecule has 2 fully saturated rings. The van der Waals surface area contributed by atoms with Crippen molar-refractivity contribution in [2.75, 3.05) is 57.4 Å². The second-order valence-electron chi connectivity index (χ2n) is 9.82. The number of carbonyl (C=O) groups excluding carboxylic acids is 1. The zero-order chi connectivity index (χ0) is 26.7. The molecule has 0 unspecified atom stereocenters. The number of benzene rings is 2. The van der Waals surface area contributed by atoms with E-state index in [0.29, 0.717) is 35.4 Å². The number of morpholine rings is 1. The van der Waals surface area contributed by atoms with E-state index in [9.17, 15) is 13.2 Å². The van der Waals surface area contributed by atoms with Crippen LogP contribution in [-0.2, 0) is 14.8 Å². The van der Waals surface area contributed by atoms with Crippen LogP contribution in [0.25, 0.3) is 10.2 Å². The van der Waals surface area contributed by atoms with Gasteiger partial charge in [-0.3, -0.25) is 14.6 Å². The molecule has 0 N–H and O–H groups in total. The van der Waals surface area contributed by atoms with Crippen LogP contribution >= 0.6 is 35.3 Å². The molecule has 2 aliphatic rings. The number of amides is 1. The van der Waals surface area contributed by atoms with E-state index in [1.165, 1.54) is 11.3 Å². The van der Waals surface area contributed by atoms with E-state index in [4.69, 9.17) is 21.3 Å². The number of halogens is 2.